The van der Waals surface area contributed by atoms with Crippen LogP contribution in [0.25, 0.3) is 0 Å². The Morgan fingerprint density at radius 1 is 0.828 bits per heavy atom. The first-order chi connectivity index (χ1) is 13.8. The summed E-state index contributed by atoms with van der Waals surface area (Å²) in [6, 6.07) is 17.3. The Bertz CT molecular complexity index is 782. The number of hydrogen-bond acceptors (Lipinski definition) is 3. The molecule has 6 rings (SSSR count). The van der Waals surface area contributed by atoms with Crippen molar-refractivity contribution >= 4 is 12.4 Å². The Balaban J connectivity index is 0.00000205. The zero-order valence-corrected chi connectivity index (χ0v) is 18.0. The van der Waals surface area contributed by atoms with Crippen LogP contribution < -0.4 is 14.8 Å². The van der Waals surface area contributed by atoms with Crippen LogP contribution in [0.3, 0.4) is 0 Å². The van der Waals surface area contributed by atoms with Crippen LogP contribution in [-0.2, 0) is 13.2 Å². The van der Waals surface area contributed by atoms with E-state index >= 15 is 0 Å². The molecule has 0 saturated heterocycles. The summed E-state index contributed by atoms with van der Waals surface area (Å²) in [7, 11) is 1.72. The molecule has 4 aliphatic rings. The van der Waals surface area contributed by atoms with Gasteiger partial charge >= 0.3 is 0 Å². The van der Waals surface area contributed by atoms with Crippen molar-refractivity contribution in [3.63, 3.8) is 0 Å². The minimum atomic E-state index is 0. The third kappa shape index (κ3) is 4.41. The molecule has 3 nitrogen and oxygen atoms in total. The SMILES string of the molecule is COc1cc(CNC2C3CC4CC(C3)CC2C4)ccc1OCc1ccccc1.Cl. The molecule has 2 aromatic rings. The summed E-state index contributed by atoms with van der Waals surface area (Å²) in [5.74, 6) is 5.51. The third-order valence-electron chi connectivity index (χ3n) is 7.23. The molecule has 156 valence electrons. The van der Waals surface area contributed by atoms with Gasteiger partial charge in [-0.3, -0.25) is 0 Å². The van der Waals surface area contributed by atoms with E-state index in [1.54, 1.807) is 7.11 Å². The van der Waals surface area contributed by atoms with E-state index in [0.29, 0.717) is 12.6 Å². The van der Waals surface area contributed by atoms with E-state index in [0.717, 1.165) is 47.3 Å². The summed E-state index contributed by atoms with van der Waals surface area (Å²) in [5.41, 5.74) is 2.44. The summed E-state index contributed by atoms with van der Waals surface area (Å²) < 4.78 is 11.6. The highest BCUT2D eigenvalue weighted by atomic mass is 35.5. The summed E-state index contributed by atoms with van der Waals surface area (Å²) in [6.07, 6.45) is 7.35. The fourth-order valence-electron chi connectivity index (χ4n) is 6.17. The molecule has 1 N–H and O–H groups in total. The van der Waals surface area contributed by atoms with Crippen molar-refractivity contribution in [3.8, 4) is 11.5 Å². The molecule has 29 heavy (non-hydrogen) atoms. The summed E-state index contributed by atoms with van der Waals surface area (Å²) in [5, 5.41) is 3.91. The molecule has 0 spiro atoms. The minimum absolute atomic E-state index is 0. The Morgan fingerprint density at radius 2 is 1.52 bits per heavy atom. The zero-order chi connectivity index (χ0) is 18.9. The van der Waals surface area contributed by atoms with Gasteiger partial charge in [0.05, 0.1) is 7.11 Å². The van der Waals surface area contributed by atoms with Gasteiger partial charge in [0.2, 0.25) is 0 Å². The molecule has 4 saturated carbocycles. The monoisotopic (exact) mass is 413 g/mol. The molecular formula is C25H32ClNO2. The molecule has 0 heterocycles. The number of methoxy groups -OCH3 is 1. The maximum absolute atomic E-state index is 6.00. The Morgan fingerprint density at radius 3 is 2.17 bits per heavy atom. The van der Waals surface area contributed by atoms with Crippen molar-refractivity contribution in [3.05, 3.63) is 59.7 Å². The quantitative estimate of drug-likeness (QED) is 0.639. The average Bonchev–Trinajstić information content (AvgIpc) is 2.72. The largest absolute Gasteiger partial charge is 0.493 e. The van der Waals surface area contributed by atoms with Gasteiger partial charge in [0.15, 0.2) is 11.5 Å². The van der Waals surface area contributed by atoms with Gasteiger partial charge in [-0.05, 0) is 79.0 Å². The number of hydrogen-bond donors (Lipinski definition) is 1. The Kier molecular flexibility index (Phi) is 6.36. The van der Waals surface area contributed by atoms with Gasteiger partial charge in [-0.2, -0.15) is 0 Å². The van der Waals surface area contributed by atoms with Gasteiger partial charge in [0.1, 0.15) is 6.61 Å². The first kappa shape index (κ1) is 20.6. The highest BCUT2D eigenvalue weighted by Gasteiger charge is 2.47. The lowest BCUT2D eigenvalue weighted by atomic mass is 9.54. The molecule has 0 aliphatic heterocycles. The minimum Gasteiger partial charge on any atom is -0.493 e. The van der Waals surface area contributed by atoms with Gasteiger partial charge in [0, 0.05) is 12.6 Å². The molecule has 4 bridgehead atoms. The molecule has 4 heteroatoms. The zero-order valence-electron chi connectivity index (χ0n) is 17.2. The smallest absolute Gasteiger partial charge is 0.161 e. The molecular weight excluding hydrogens is 382 g/mol. The number of nitrogens with one attached hydrogen (secondary N) is 1. The van der Waals surface area contributed by atoms with E-state index in [1.807, 2.05) is 18.2 Å². The maximum atomic E-state index is 6.00. The van der Waals surface area contributed by atoms with Gasteiger partial charge in [-0.1, -0.05) is 36.4 Å². The highest BCUT2D eigenvalue weighted by Crippen LogP contribution is 2.53. The van der Waals surface area contributed by atoms with Crippen molar-refractivity contribution in [2.75, 3.05) is 7.11 Å². The topological polar surface area (TPSA) is 30.5 Å². The predicted molar refractivity (Wildman–Crippen MR) is 119 cm³/mol. The van der Waals surface area contributed by atoms with Gasteiger partial charge in [-0.25, -0.2) is 0 Å². The van der Waals surface area contributed by atoms with Crippen LogP contribution in [0.2, 0.25) is 0 Å². The van der Waals surface area contributed by atoms with E-state index in [9.17, 15) is 0 Å². The first-order valence-corrected chi connectivity index (χ1v) is 10.9. The van der Waals surface area contributed by atoms with Crippen LogP contribution in [0.4, 0.5) is 0 Å². The normalized spacial score (nSPS) is 29.3. The first-order valence-electron chi connectivity index (χ1n) is 10.9. The van der Waals surface area contributed by atoms with Crippen LogP contribution in [-0.4, -0.2) is 13.2 Å². The molecule has 0 amide bonds. The maximum Gasteiger partial charge on any atom is 0.161 e. The van der Waals surface area contributed by atoms with Crippen LogP contribution in [0, 0.1) is 23.7 Å². The lowest BCUT2D eigenvalue weighted by molar-refractivity contribution is -0.0142. The molecule has 2 aromatic carbocycles. The van der Waals surface area contributed by atoms with E-state index in [-0.39, 0.29) is 12.4 Å². The lowest BCUT2D eigenvalue weighted by Crippen LogP contribution is -2.54. The number of benzene rings is 2. The molecule has 0 aromatic heterocycles. The van der Waals surface area contributed by atoms with Crippen molar-refractivity contribution in [2.24, 2.45) is 23.7 Å². The van der Waals surface area contributed by atoms with Crippen molar-refractivity contribution in [1.29, 1.82) is 0 Å². The van der Waals surface area contributed by atoms with Crippen LogP contribution in [0.1, 0.15) is 43.2 Å². The summed E-state index contributed by atoms with van der Waals surface area (Å²) in [6.45, 7) is 1.48. The fourth-order valence-corrected chi connectivity index (χ4v) is 6.17. The number of halogens is 1. The fraction of sp³-hybridized carbons (Fsp3) is 0.520. The molecule has 0 unspecified atom stereocenters. The number of ether oxygens (including phenoxy) is 2. The average molecular weight is 414 g/mol. The van der Waals surface area contributed by atoms with Crippen LogP contribution in [0.5, 0.6) is 11.5 Å². The Hall–Kier alpha value is -1.71. The third-order valence-corrected chi connectivity index (χ3v) is 7.23. The van der Waals surface area contributed by atoms with E-state index in [2.05, 4.69) is 35.6 Å². The Labute approximate surface area is 180 Å². The molecule has 0 radical (unpaired) electrons. The van der Waals surface area contributed by atoms with E-state index in [1.165, 1.54) is 37.7 Å². The van der Waals surface area contributed by atoms with Crippen LogP contribution in [0.15, 0.2) is 48.5 Å². The summed E-state index contributed by atoms with van der Waals surface area (Å²) in [4.78, 5) is 0. The second-order valence-corrected chi connectivity index (χ2v) is 9.10. The van der Waals surface area contributed by atoms with Crippen molar-refractivity contribution in [2.45, 2.75) is 51.3 Å². The predicted octanol–water partition coefficient (Wildman–Crippen LogP) is 5.61. The van der Waals surface area contributed by atoms with Crippen LogP contribution >= 0.6 is 12.4 Å². The van der Waals surface area contributed by atoms with Gasteiger partial charge in [-0.15, -0.1) is 12.4 Å². The van der Waals surface area contributed by atoms with Gasteiger partial charge in [0.25, 0.3) is 0 Å². The molecule has 0 atom stereocenters. The second-order valence-electron chi connectivity index (χ2n) is 9.10. The molecule has 4 fully saturated rings. The lowest BCUT2D eigenvalue weighted by Gasteiger charge is -2.54. The van der Waals surface area contributed by atoms with E-state index in [4.69, 9.17) is 9.47 Å². The number of rotatable bonds is 7. The molecule has 4 aliphatic carbocycles. The van der Waals surface area contributed by atoms with Gasteiger partial charge < -0.3 is 14.8 Å². The summed E-state index contributed by atoms with van der Waals surface area (Å²) >= 11 is 0. The standard InChI is InChI=1S/C25H31NO2.ClH/c1-27-24-14-18(7-8-23(24)28-16-17-5-3-2-4-6-17)15-26-25-21-10-19-9-20(12-21)13-22(25)11-19;/h2-8,14,19-22,25-26H,9-13,15-16H2,1H3;1H. The van der Waals surface area contributed by atoms with E-state index < -0.39 is 0 Å². The van der Waals surface area contributed by atoms with Crippen molar-refractivity contribution < 1.29 is 9.47 Å². The highest BCUT2D eigenvalue weighted by molar-refractivity contribution is 5.85. The van der Waals surface area contributed by atoms with Crippen molar-refractivity contribution in [1.82, 2.24) is 5.32 Å². The second kappa shape index (κ2) is 8.97.